The standard InChI is InChI=1S/C22H26N2O3/c1-15-5-3-4-6-18(15)19-7-8-20-17-11-16(13-24(20)22(19)26)12-23(14-17)21(25)9-10-27-2/h3-8,16-17H,9-14H2,1-2H3/t16-,17+/m0/s1. The van der Waals surface area contributed by atoms with Crippen LogP contribution in [0.2, 0.25) is 0 Å². The second-order valence-corrected chi connectivity index (χ2v) is 7.74. The molecule has 3 heterocycles. The largest absolute Gasteiger partial charge is 0.384 e. The van der Waals surface area contributed by atoms with E-state index >= 15 is 0 Å². The molecule has 2 atom stereocenters. The molecular weight excluding hydrogens is 340 g/mol. The van der Waals surface area contributed by atoms with E-state index in [4.69, 9.17) is 4.74 Å². The number of fused-ring (bicyclic) bond motifs is 4. The van der Waals surface area contributed by atoms with Crippen LogP contribution in [0.4, 0.5) is 0 Å². The first kappa shape index (κ1) is 18.0. The Morgan fingerprint density at radius 2 is 1.93 bits per heavy atom. The summed E-state index contributed by atoms with van der Waals surface area (Å²) in [5.41, 5.74) is 4.05. The fraction of sp³-hybridized carbons (Fsp3) is 0.455. The van der Waals surface area contributed by atoms with E-state index in [1.54, 1.807) is 7.11 Å². The van der Waals surface area contributed by atoms with E-state index in [-0.39, 0.29) is 17.4 Å². The average Bonchev–Trinajstić information content (AvgIpc) is 2.67. The molecule has 1 saturated heterocycles. The molecule has 5 nitrogen and oxygen atoms in total. The summed E-state index contributed by atoms with van der Waals surface area (Å²) in [6.45, 7) is 4.62. The SMILES string of the molecule is COCCC(=O)N1C[C@@H]2C[C@H](C1)c1ccc(-c3ccccc3C)c(=O)n1C2. The Kier molecular flexibility index (Phi) is 4.87. The first-order valence-electron chi connectivity index (χ1n) is 9.65. The van der Waals surface area contributed by atoms with Crippen LogP contribution in [0.3, 0.4) is 0 Å². The van der Waals surface area contributed by atoms with Gasteiger partial charge in [-0.1, -0.05) is 24.3 Å². The van der Waals surface area contributed by atoms with Crippen LogP contribution in [0, 0.1) is 12.8 Å². The number of ether oxygens (including phenoxy) is 1. The summed E-state index contributed by atoms with van der Waals surface area (Å²) >= 11 is 0. The van der Waals surface area contributed by atoms with Crippen molar-refractivity contribution in [3.63, 3.8) is 0 Å². The van der Waals surface area contributed by atoms with Gasteiger partial charge >= 0.3 is 0 Å². The molecule has 2 aliphatic heterocycles. The van der Waals surface area contributed by atoms with E-state index in [9.17, 15) is 9.59 Å². The van der Waals surface area contributed by atoms with Crippen LogP contribution in [-0.4, -0.2) is 42.2 Å². The first-order chi connectivity index (χ1) is 13.1. The Hall–Kier alpha value is -2.40. The van der Waals surface area contributed by atoms with E-state index in [1.165, 1.54) is 0 Å². The van der Waals surface area contributed by atoms with Gasteiger partial charge in [0.2, 0.25) is 5.91 Å². The van der Waals surface area contributed by atoms with E-state index in [0.717, 1.165) is 35.3 Å². The number of hydrogen-bond donors (Lipinski definition) is 0. The number of piperidine rings is 1. The van der Waals surface area contributed by atoms with Crippen LogP contribution in [0.1, 0.15) is 30.0 Å². The number of benzene rings is 1. The molecule has 0 saturated carbocycles. The van der Waals surface area contributed by atoms with Gasteiger partial charge in [0.25, 0.3) is 5.56 Å². The lowest BCUT2D eigenvalue weighted by Crippen LogP contribution is -2.49. The molecule has 2 aliphatic rings. The van der Waals surface area contributed by atoms with Crippen molar-refractivity contribution in [2.24, 2.45) is 5.92 Å². The third-order valence-corrected chi connectivity index (χ3v) is 5.91. The number of aromatic nitrogens is 1. The lowest BCUT2D eigenvalue weighted by molar-refractivity contribution is -0.134. The molecule has 5 heteroatoms. The van der Waals surface area contributed by atoms with Crippen molar-refractivity contribution in [3.05, 3.63) is 58.0 Å². The quantitative estimate of drug-likeness (QED) is 0.836. The minimum Gasteiger partial charge on any atom is -0.384 e. The van der Waals surface area contributed by atoms with Gasteiger partial charge in [0.05, 0.1) is 13.0 Å². The van der Waals surface area contributed by atoms with Crippen molar-refractivity contribution in [2.75, 3.05) is 26.8 Å². The van der Waals surface area contributed by atoms with Crippen LogP contribution in [0.5, 0.6) is 0 Å². The van der Waals surface area contributed by atoms with Crippen LogP contribution < -0.4 is 5.56 Å². The summed E-state index contributed by atoms with van der Waals surface area (Å²) in [5, 5.41) is 0. The van der Waals surface area contributed by atoms with Gasteiger partial charge in [0.1, 0.15) is 0 Å². The fourth-order valence-corrected chi connectivity index (χ4v) is 4.58. The van der Waals surface area contributed by atoms with Gasteiger partial charge in [-0.2, -0.15) is 0 Å². The number of nitrogens with zero attached hydrogens (tertiary/aromatic N) is 2. The van der Waals surface area contributed by atoms with E-state index < -0.39 is 0 Å². The summed E-state index contributed by atoms with van der Waals surface area (Å²) in [7, 11) is 1.62. The number of rotatable bonds is 4. The first-order valence-corrected chi connectivity index (χ1v) is 9.65. The second kappa shape index (κ2) is 7.31. The van der Waals surface area contributed by atoms with Gasteiger partial charge in [-0.3, -0.25) is 9.59 Å². The second-order valence-electron chi connectivity index (χ2n) is 7.74. The minimum atomic E-state index is 0.0932. The molecule has 142 valence electrons. The van der Waals surface area contributed by atoms with Gasteiger partial charge in [-0.25, -0.2) is 0 Å². The number of methoxy groups -OCH3 is 1. The van der Waals surface area contributed by atoms with Crippen molar-refractivity contribution in [1.29, 1.82) is 0 Å². The van der Waals surface area contributed by atoms with Crippen LogP contribution in [0.25, 0.3) is 11.1 Å². The fourth-order valence-electron chi connectivity index (χ4n) is 4.58. The number of aryl methyl sites for hydroxylation is 1. The van der Waals surface area contributed by atoms with Crippen molar-refractivity contribution < 1.29 is 9.53 Å². The molecular formula is C22H26N2O3. The van der Waals surface area contributed by atoms with Gasteiger partial charge in [0.15, 0.2) is 0 Å². The Labute approximate surface area is 159 Å². The molecule has 2 aromatic rings. The highest BCUT2D eigenvalue weighted by molar-refractivity contribution is 5.76. The van der Waals surface area contributed by atoms with Gasteiger partial charge in [-0.05, 0) is 42.5 Å². The predicted octanol–water partition coefficient (Wildman–Crippen LogP) is 2.81. The molecule has 4 rings (SSSR count). The van der Waals surface area contributed by atoms with Gasteiger partial charge in [-0.15, -0.1) is 0 Å². The van der Waals surface area contributed by atoms with Crippen LogP contribution >= 0.6 is 0 Å². The zero-order valence-electron chi connectivity index (χ0n) is 16.0. The summed E-state index contributed by atoms with van der Waals surface area (Å²) < 4.78 is 7.00. The Morgan fingerprint density at radius 3 is 2.70 bits per heavy atom. The molecule has 27 heavy (non-hydrogen) atoms. The maximum atomic E-state index is 13.2. The highest BCUT2D eigenvalue weighted by atomic mass is 16.5. The summed E-state index contributed by atoms with van der Waals surface area (Å²) in [4.78, 5) is 27.6. The van der Waals surface area contributed by atoms with Crippen molar-refractivity contribution in [1.82, 2.24) is 9.47 Å². The Morgan fingerprint density at radius 1 is 1.11 bits per heavy atom. The molecule has 1 aromatic heterocycles. The molecule has 0 unspecified atom stereocenters. The monoisotopic (exact) mass is 366 g/mol. The van der Waals surface area contributed by atoms with Crippen LogP contribution in [-0.2, 0) is 16.1 Å². The molecule has 0 N–H and O–H groups in total. The van der Waals surface area contributed by atoms with Crippen molar-refractivity contribution >= 4 is 5.91 Å². The molecule has 0 spiro atoms. The molecule has 1 amide bonds. The zero-order valence-corrected chi connectivity index (χ0v) is 16.0. The van der Waals surface area contributed by atoms with E-state index in [2.05, 4.69) is 6.07 Å². The number of carbonyl (C=O) groups excluding carboxylic acids is 1. The minimum absolute atomic E-state index is 0.0932. The highest BCUT2D eigenvalue weighted by Crippen LogP contribution is 2.36. The maximum Gasteiger partial charge on any atom is 0.258 e. The Bertz CT molecular complexity index is 918. The van der Waals surface area contributed by atoms with Gasteiger partial charge < -0.3 is 14.2 Å². The van der Waals surface area contributed by atoms with Gasteiger partial charge in [0, 0.05) is 43.9 Å². The molecule has 0 aliphatic carbocycles. The topological polar surface area (TPSA) is 51.5 Å². The van der Waals surface area contributed by atoms with Crippen LogP contribution in [0.15, 0.2) is 41.2 Å². The predicted molar refractivity (Wildman–Crippen MR) is 105 cm³/mol. The molecule has 1 aromatic carbocycles. The number of carbonyl (C=O) groups is 1. The van der Waals surface area contributed by atoms with Crippen molar-refractivity contribution in [3.8, 4) is 11.1 Å². The maximum absolute atomic E-state index is 13.2. The third-order valence-electron chi connectivity index (χ3n) is 5.91. The normalized spacial score (nSPS) is 21.0. The lowest BCUT2D eigenvalue weighted by Gasteiger charge is -2.43. The average molecular weight is 366 g/mol. The summed E-state index contributed by atoms with van der Waals surface area (Å²) in [5.74, 6) is 0.731. The van der Waals surface area contributed by atoms with E-state index in [0.29, 0.717) is 32.0 Å². The highest BCUT2D eigenvalue weighted by Gasteiger charge is 2.36. The molecule has 1 fully saturated rings. The number of pyridine rings is 1. The number of amides is 1. The summed E-state index contributed by atoms with van der Waals surface area (Å²) in [6, 6.07) is 12.1. The lowest BCUT2D eigenvalue weighted by atomic mass is 9.82. The van der Waals surface area contributed by atoms with E-state index in [1.807, 2.05) is 46.7 Å². The Balaban J connectivity index is 1.65. The summed E-state index contributed by atoms with van der Waals surface area (Å²) in [6.07, 6.45) is 1.48. The number of hydrogen-bond acceptors (Lipinski definition) is 3. The third kappa shape index (κ3) is 3.32. The smallest absolute Gasteiger partial charge is 0.258 e. The molecule has 0 radical (unpaired) electrons. The number of likely N-dealkylation sites (tertiary alicyclic amines) is 1. The van der Waals surface area contributed by atoms with Crippen molar-refractivity contribution in [2.45, 2.75) is 32.2 Å². The zero-order chi connectivity index (χ0) is 19.0. The molecule has 2 bridgehead atoms.